The topological polar surface area (TPSA) is 82.1 Å². The molecule has 0 bridgehead atoms. The Morgan fingerprint density at radius 2 is 1.95 bits per heavy atom. The number of nitrogens with zero attached hydrogens (tertiary/aromatic N) is 3. The van der Waals surface area contributed by atoms with Crippen LogP contribution in [0.15, 0.2) is 5.10 Å². The van der Waals surface area contributed by atoms with Crippen LogP contribution < -0.4 is 5.32 Å². The van der Waals surface area contributed by atoms with Crippen LogP contribution in [0.1, 0.15) is 33.6 Å². The lowest BCUT2D eigenvalue weighted by atomic mass is 10.1. The number of hydrazone groups is 1. The molecule has 0 radical (unpaired) electrons. The van der Waals surface area contributed by atoms with Crippen molar-refractivity contribution in [2.24, 2.45) is 5.10 Å². The van der Waals surface area contributed by atoms with Crippen LogP contribution in [0.2, 0.25) is 0 Å². The highest BCUT2D eigenvalue weighted by molar-refractivity contribution is 6.39. The monoisotopic (exact) mass is 282 g/mol. The van der Waals surface area contributed by atoms with Gasteiger partial charge in [-0.15, -0.1) is 0 Å². The van der Waals surface area contributed by atoms with Gasteiger partial charge < -0.3 is 10.2 Å². The minimum Gasteiger partial charge on any atom is -0.350 e. The first-order valence-corrected chi connectivity index (χ1v) is 6.50. The van der Waals surface area contributed by atoms with Crippen LogP contribution in [0.25, 0.3) is 0 Å². The van der Waals surface area contributed by atoms with Gasteiger partial charge in [-0.1, -0.05) is 0 Å². The molecule has 1 rings (SSSR count). The summed E-state index contributed by atoms with van der Waals surface area (Å²) in [6.07, 6.45) is 0.580. The van der Waals surface area contributed by atoms with Crippen LogP contribution in [-0.2, 0) is 14.4 Å². The Balaban J connectivity index is 2.62. The van der Waals surface area contributed by atoms with Gasteiger partial charge in [0.05, 0.1) is 6.54 Å². The molecule has 20 heavy (non-hydrogen) atoms. The van der Waals surface area contributed by atoms with E-state index in [-0.39, 0.29) is 36.2 Å². The zero-order chi connectivity index (χ0) is 15.5. The lowest BCUT2D eigenvalue weighted by Gasteiger charge is -2.25. The Hall–Kier alpha value is -1.92. The van der Waals surface area contributed by atoms with E-state index in [1.165, 1.54) is 17.0 Å². The van der Waals surface area contributed by atoms with Crippen LogP contribution in [0.5, 0.6) is 0 Å². The normalized spacial score (nSPS) is 15.8. The van der Waals surface area contributed by atoms with Crippen molar-refractivity contribution in [3.05, 3.63) is 0 Å². The third-order valence-electron chi connectivity index (χ3n) is 2.70. The standard InChI is InChI=1S/C13H22N4O3/c1-13(2,3)14-10(18)8-16(4)12(20)9-6-7-11(19)17(5)15-9/h6-8H2,1-5H3,(H,14,18). The van der Waals surface area contributed by atoms with E-state index in [0.29, 0.717) is 12.1 Å². The average molecular weight is 282 g/mol. The van der Waals surface area contributed by atoms with Crippen molar-refractivity contribution in [1.82, 2.24) is 15.2 Å². The maximum Gasteiger partial charge on any atom is 0.270 e. The Morgan fingerprint density at radius 3 is 2.45 bits per heavy atom. The van der Waals surface area contributed by atoms with E-state index in [1.54, 1.807) is 7.05 Å². The zero-order valence-electron chi connectivity index (χ0n) is 12.7. The number of rotatable bonds is 3. The van der Waals surface area contributed by atoms with E-state index in [9.17, 15) is 14.4 Å². The fraction of sp³-hybridized carbons (Fsp3) is 0.692. The third kappa shape index (κ3) is 4.64. The summed E-state index contributed by atoms with van der Waals surface area (Å²) < 4.78 is 0. The molecule has 0 aliphatic carbocycles. The summed E-state index contributed by atoms with van der Waals surface area (Å²) in [4.78, 5) is 36.5. The van der Waals surface area contributed by atoms with Gasteiger partial charge in [-0.05, 0) is 20.8 Å². The minimum atomic E-state index is -0.337. The maximum atomic E-state index is 12.1. The number of nitrogens with one attached hydrogen (secondary N) is 1. The summed E-state index contributed by atoms with van der Waals surface area (Å²) in [5.74, 6) is -0.669. The average Bonchev–Trinajstić information content (AvgIpc) is 2.29. The molecule has 0 aromatic rings. The molecular weight excluding hydrogens is 260 g/mol. The molecule has 0 atom stereocenters. The molecule has 0 aromatic heterocycles. The molecule has 1 aliphatic heterocycles. The van der Waals surface area contributed by atoms with Crippen molar-refractivity contribution in [3.63, 3.8) is 0 Å². The number of likely N-dealkylation sites (N-methyl/N-ethyl adjacent to an activating group) is 1. The van der Waals surface area contributed by atoms with Crippen molar-refractivity contribution >= 4 is 23.4 Å². The molecule has 0 saturated carbocycles. The first-order chi connectivity index (χ1) is 9.10. The molecule has 112 valence electrons. The van der Waals surface area contributed by atoms with E-state index in [1.807, 2.05) is 20.8 Å². The number of hydrogen-bond acceptors (Lipinski definition) is 4. The summed E-state index contributed by atoms with van der Waals surface area (Å²) in [6, 6.07) is 0. The maximum absolute atomic E-state index is 12.1. The van der Waals surface area contributed by atoms with Gasteiger partial charge in [-0.3, -0.25) is 14.4 Å². The molecule has 7 nitrogen and oxygen atoms in total. The van der Waals surface area contributed by atoms with Crippen LogP contribution in [-0.4, -0.2) is 59.5 Å². The molecular formula is C13H22N4O3. The van der Waals surface area contributed by atoms with Crippen molar-refractivity contribution in [3.8, 4) is 0 Å². The molecule has 0 aromatic carbocycles. The quantitative estimate of drug-likeness (QED) is 0.789. The molecule has 3 amide bonds. The number of carbonyl (C=O) groups is 3. The second-order valence-electron chi connectivity index (χ2n) is 5.92. The van der Waals surface area contributed by atoms with E-state index >= 15 is 0 Å². The molecule has 0 spiro atoms. The lowest BCUT2D eigenvalue weighted by molar-refractivity contribution is -0.132. The summed E-state index contributed by atoms with van der Waals surface area (Å²) in [6.45, 7) is 5.59. The highest BCUT2D eigenvalue weighted by Gasteiger charge is 2.25. The first-order valence-electron chi connectivity index (χ1n) is 6.50. The Labute approximate surface area is 119 Å². The Bertz CT molecular complexity index is 451. The Kier molecular flexibility index (Phi) is 4.86. The highest BCUT2D eigenvalue weighted by atomic mass is 16.2. The van der Waals surface area contributed by atoms with E-state index < -0.39 is 0 Å². The molecule has 1 N–H and O–H groups in total. The zero-order valence-corrected chi connectivity index (χ0v) is 12.7. The lowest BCUT2D eigenvalue weighted by Crippen LogP contribution is -2.48. The summed E-state index contributed by atoms with van der Waals surface area (Å²) in [5, 5.41) is 7.90. The molecule has 0 saturated heterocycles. The fourth-order valence-electron chi connectivity index (χ4n) is 1.79. The van der Waals surface area contributed by atoms with E-state index in [0.717, 1.165) is 0 Å². The van der Waals surface area contributed by atoms with Gasteiger partial charge in [-0.25, -0.2) is 5.01 Å². The fourth-order valence-corrected chi connectivity index (χ4v) is 1.79. The van der Waals surface area contributed by atoms with Crippen molar-refractivity contribution in [1.29, 1.82) is 0 Å². The molecule has 7 heteroatoms. The van der Waals surface area contributed by atoms with Gasteiger partial charge in [0, 0.05) is 32.5 Å². The smallest absolute Gasteiger partial charge is 0.270 e. The SMILES string of the molecule is CN(CC(=O)NC(C)(C)C)C(=O)C1=NN(C)C(=O)CC1. The predicted octanol–water partition coefficient (Wildman–Crippen LogP) is -0.0323. The molecule has 0 unspecified atom stereocenters. The van der Waals surface area contributed by atoms with Gasteiger partial charge in [0.15, 0.2) is 0 Å². The van der Waals surface area contributed by atoms with E-state index in [4.69, 9.17) is 0 Å². The van der Waals surface area contributed by atoms with E-state index in [2.05, 4.69) is 10.4 Å². The second-order valence-corrected chi connectivity index (χ2v) is 5.92. The largest absolute Gasteiger partial charge is 0.350 e. The van der Waals surface area contributed by atoms with Crippen LogP contribution in [0, 0.1) is 0 Å². The number of carbonyl (C=O) groups excluding carboxylic acids is 3. The van der Waals surface area contributed by atoms with Crippen molar-refractivity contribution in [2.45, 2.75) is 39.2 Å². The number of hydrogen-bond donors (Lipinski definition) is 1. The van der Waals surface area contributed by atoms with Crippen molar-refractivity contribution in [2.75, 3.05) is 20.6 Å². The molecule has 1 aliphatic rings. The molecule has 0 fully saturated rings. The third-order valence-corrected chi connectivity index (χ3v) is 2.70. The number of amides is 3. The summed E-state index contributed by atoms with van der Waals surface area (Å²) in [7, 11) is 3.06. The first kappa shape index (κ1) is 16.1. The second kappa shape index (κ2) is 6.02. The van der Waals surface area contributed by atoms with Crippen molar-refractivity contribution < 1.29 is 14.4 Å². The van der Waals surface area contributed by atoms with Crippen LogP contribution in [0.3, 0.4) is 0 Å². The summed E-state index contributed by atoms with van der Waals surface area (Å²) in [5.41, 5.74) is -0.0335. The Morgan fingerprint density at radius 1 is 1.35 bits per heavy atom. The van der Waals surface area contributed by atoms with Gasteiger partial charge in [0.1, 0.15) is 5.71 Å². The molecule has 1 heterocycles. The van der Waals surface area contributed by atoms with Gasteiger partial charge in [-0.2, -0.15) is 5.10 Å². The van der Waals surface area contributed by atoms with Gasteiger partial charge in [0.2, 0.25) is 11.8 Å². The predicted molar refractivity (Wildman–Crippen MR) is 75.0 cm³/mol. The minimum absolute atomic E-state index is 0.0349. The van der Waals surface area contributed by atoms with Crippen LogP contribution >= 0.6 is 0 Å². The summed E-state index contributed by atoms with van der Waals surface area (Å²) >= 11 is 0. The van der Waals surface area contributed by atoms with Gasteiger partial charge >= 0.3 is 0 Å². The van der Waals surface area contributed by atoms with Gasteiger partial charge in [0.25, 0.3) is 5.91 Å². The highest BCUT2D eigenvalue weighted by Crippen LogP contribution is 2.08. The van der Waals surface area contributed by atoms with Crippen LogP contribution in [0.4, 0.5) is 0 Å².